The van der Waals surface area contributed by atoms with Crippen LogP contribution in [0.2, 0.25) is 0 Å². The molecule has 0 saturated carbocycles. The van der Waals surface area contributed by atoms with Crippen LogP contribution in [0.25, 0.3) is 21.5 Å². The number of nitrogens with zero attached hydrogens (tertiary/aromatic N) is 1. The number of fused-ring (bicyclic) bond motifs is 2. The van der Waals surface area contributed by atoms with Gasteiger partial charge >= 0.3 is 0 Å². The monoisotopic (exact) mass is 293 g/mol. The van der Waals surface area contributed by atoms with E-state index in [1.54, 1.807) is 18.2 Å². The van der Waals surface area contributed by atoms with Gasteiger partial charge in [-0.1, -0.05) is 6.07 Å². The Morgan fingerprint density at radius 1 is 0.636 bits per heavy atom. The predicted molar refractivity (Wildman–Crippen MR) is 92.6 cm³/mol. The third kappa shape index (κ3) is 1.43. The van der Waals surface area contributed by atoms with Crippen LogP contribution in [0.15, 0.2) is 18.2 Å². The smallest absolute Gasteiger partial charge is 0.104 e. The molecule has 0 bridgehead atoms. The molecule has 3 rings (SSSR count). The fraction of sp³-hybridized carbons (Fsp3) is 0. The van der Waals surface area contributed by atoms with E-state index in [0.29, 0.717) is 44.3 Å². The fourth-order valence-corrected chi connectivity index (χ4v) is 2.89. The zero-order valence-electron chi connectivity index (χ0n) is 11.6. The van der Waals surface area contributed by atoms with Crippen LogP contribution in [-0.2, 0) is 0 Å². The maximum atomic E-state index is 9.23. The Morgan fingerprint density at radius 3 is 1.41 bits per heavy atom. The van der Waals surface area contributed by atoms with E-state index in [9.17, 15) is 5.26 Å². The average molecular weight is 293 g/mol. The van der Waals surface area contributed by atoms with E-state index in [0.717, 1.165) is 0 Å². The maximum Gasteiger partial charge on any atom is 0.104 e. The quantitative estimate of drug-likeness (QED) is 0.267. The number of anilines is 6. The van der Waals surface area contributed by atoms with E-state index in [1.807, 2.05) is 6.07 Å². The molecule has 7 heteroatoms. The molecule has 0 aromatic heterocycles. The minimum absolute atomic E-state index is 0.158. The van der Waals surface area contributed by atoms with Crippen molar-refractivity contribution in [3.05, 3.63) is 23.8 Å². The number of nitrogens with two attached hydrogens (primary N) is 6. The maximum absolute atomic E-state index is 9.23. The molecule has 0 heterocycles. The van der Waals surface area contributed by atoms with Crippen molar-refractivity contribution in [3.63, 3.8) is 0 Å². The van der Waals surface area contributed by atoms with Gasteiger partial charge in [-0.2, -0.15) is 5.26 Å². The molecule has 0 atom stereocenters. The van der Waals surface area contributed by atoms with E-state index < -0.39 is 0 Å². The number of nitrogen functional groups attached to an aromatic ring is 6. The first kappa shape index (κ1) is 13.5. The molecule has 0 saturated heterocycles. The third-order valence-corrected chi connectivity index (χ3v) is 3.90. The zero-order chi connectivity index (χ0) is 16.2. The van der Waals surface area contributed by atoms with Crippen molar-refractivity contribution in [2.75, 3.05) is 34.4 Å². The Balaban J connectivity index is 2.80. The van der Waals surface area contributed by atoms with Gasteiger partial charge in [0, 0.05) is 32.9 Å². The van der Waals surface area contributed by atoms with E-state index in [2.05, 4.69) is 0 Å². The molecule has 0 aliphatic carbocycles. The highest BCUT2D eigenvalue weighted by Gasteiger charge is 2.23. The van der Waals surface area contributed by atoms with Crippen LogP contribution in [0.5, 0.6) is 0 Å². The first-order chi connectivity index (χ1) is 10.4. The molecule has 0 fully saturated rings. The lowest BCUT2D eigenvalue weighted by molar-refractivity contribution is 1.51. The molecular weight excluding hydrogens is 278 g/mol. The summed E-state index contributed by atoms with van der Waals surface area (Å²) in [6, 6.07) is 7.03. The molecule has 110 valence electrons. The van der Waals surface area contributed by atoms with Crippen molar-refractivity contribution < 1.29 is 0 Å². The average Bonchev–Trinajstić information content (AvgIpc) is 2.62. The molecule has 22 heavy (non-hydrogen) atoms. The number of hydrogen-bond acceptors (Lipinski definition) is 7. The number of nitriles is 1. The summed E-state index contributed by atoms with van der Waals surface area (Å²) in [4.78, 5) is 0. The Morgan fingerprint density at radius 2 is 1.05 bits per heavy atom. The summed E-state index contributed by atoms with van der Waals surface area (Å²) < 4.78 is 0. The Hall–Kier alpha value is -3.53. The van der Waals surface area contributed by atoms with Gasteiger partial charge in [0.2, 0.25) is 0 Å². The van der Waals surface area contributed by atoms with Crippen molar-refractivity contribution >= 4 is 55.7 Å². The van der Waals surface area contributed by atoms with Gasteiger partial charge in [0.25, 0.3) is 0 Å². The van der Waals surface area contributed by atoms with Gasteiger partial charge in [-0.3, -0.25) is 0 Å². The second-order valence-electron chi connectivity index (χ2n) is 5.08. The van der Waals surface area contributed by atoms with Crippen LogP contribution >= 0.6 is 0 Å². The highest BCUT2D eigenvalue weighted by atomic mass is 14.7. The van der Waals surface area contributed by atoms with E-state index in [4.69, 9.17) is 34.4 Å². The van der Waals surface area contributed by atoms with Gasteiger partial charge in [-0.15, -0.1) is 0 Å². The van der Waals surface area contributed by atoms with E-state index in [1.165, 1.54) is 0 Å². The summed E-state index contributed by atoms with van der Waals surface area (Å²) in [5.74, 6) is 0. The van der Waals surface area contributed by atoms with Crippen molar-refractivity contribution in [1.82, 2.24) is 0 Å². The molecule has 0 spiro atoms. The third-order valence-electron chi connectivity index (χ3n) is 3.90. The zero-order valence-corrected chi connectivity index (χ0v) is 11.6. The first-order valence-corrected chi connectivity index (χ1v) is 6.45. The molecule has 12 N–H and O–H groups in total. The highest BCUT2D eigenvalue weighted by molar-refractivity contribution is 6.31. The largest absolute Gasteiger partial charge is 0.398 e. The topological polar surface area (TPSA) is 180 Å². The summed E-state index contributed by atoms with van der Waals surface area (Å²) in [6.45, 7) is 0. The van der Waals surface area contributed by atoms with E-state index in [-0.39, 0.29) is 16.9 Å². The molecular formula is C15H15N7. The number of hydrogen-bond donors (Lipinski definition) is 6. The molecule has 0 aliphatic rings. The molecule has 0 aliphatic heterocycles. The number of rotatable bonds is 0. The summed E-state index contributed by atoms with van der Waals surface area (Å²) in [5.41, 5.74) is 38.7. The SMILES string of the molecule is N#Cc1c(N)c2c(N)c3c(N)cccc(N)c3c(N)c2c1N. The van der Waals surface area contributed by atoms with Gasteiger partial charge in [-0.05, 0) is 12.1 Å². The van der Waals surface area contributed by atoms with Crippen molar-refractivity contribution in [1.29, 1.82) is 5.26 Å². The van der Waals surface area contributed by atoms with Crippen LogP contribution in [-0.4, -0.2) is 0 Å². The summed E-state index contributed by atoms with van der Waals surface area (Å²) >= 11 is 0. The number of benzene rings is 1. The van der Waals surface area contributed by atoms with E-state index >= 15 is 0 Å². The Kier molecular flexibility index (Phi) is 2.59. The van der Waals surface area contributed by atoms with Crippen LogP contribution < -0.4 is 34.4 Å². The van der Waals surface area contributed by atoms with Crippen LogP contribution in [0.1, 0.15) is 5.56 Å². The normalized spacial score (nSPS) is 10.9. The van der Waals surface area contributed by atoms with Gasteiger partial charge in [0.05, 0.1) is 28.3 Å². The molecule has 7 nitrogen and oxygen atoms in total. The van der Waals surface area contributed by atoms with Crippen molar-refractivity contribution in [2.24, 2.45) is 0 Å². The second kappa shape index (κ2) is 4.23. The van der Waals surface area contributed by atoms with Crippen LogP contribution in [0.3, 0.4) is 0 Å². The predicted octanol–water partition coefficient (Wildman–Crippen LogP) is 1.36. The molecule has 0 amide bonds. The lowest BCUT2D eigenvalue weighted by atomic mass is 10.0. The van der Waals surface area contributed by atoms with Crippen LogP contribution in [0, 0.1) is 11.3 Å². The molecule has 3 aromatic carbocycles. The Bertz CT molecular complexity index is 928. The minimum Gasteiger partial charge on any atom is -0.398 e. The first-order valence-electron chi connectivity index (χ1n) is 6.45. The lowest BCUT2D eigenvalue weighted by Crippen LogP contribution is -1.99. The minimum atomic E-state index is 0.158. The van der Waals surface area contributed by atoms with Gasteiger partial charge in [-0.25, -0.2) is 0 Å². The van der Waals surface area contributed by atoms with Crippen molar-refractivity contribution in [3.8, 4) is 6.07 Å². The lowest BCUT2D eigenvalue weighted by Gasteiger charge is -2.11. The summed E-state index contributed by atoms with van der Waals surface area (Å²) in [6.07, 6.45) is 0. The summed E-state index contributed by atoms with van der Waals surface area (Å²) in [7, 11) is 0. The molecule has 0 unspecified atom stereocenters. The van der Waals surface area contributed by atoms with Crippen molar-refractivity contribution in [2.45, 2.75) is 0 Å². The standard InChI is InChI=1S/C15H15N7/c16-4-5-12(19)10-11(13(5)20)15(22)9-7(18)3-1-2-6(17)8(9)14(10)21/h1-3H,17-22H2. The van der Waals surface area contributed by atoms with Gasteiger partial charge in [0.15, 0.2) is 0 Å². The van der Waals surface area contributed by atoms with Gasteiger partial charge < -0.3 is 34.4 Å². The molecule has 0 radical (unpaired) electrons. The highest BCUT2D eigenvalue weighted by Crippen LogP contribution is 2.48. The second-order valence-corrected chi connectivity index (χ2v) is 5.08. The Labute approximate surface area is 126 Å². The fourth-order valence-electron chi connectivity index (χ4n) is 2.89. The van der Waals surface area contributed by atoms with Crippen LogP contribution in [0.4, 0.5) is 34.1 Å². The summed E-state index contributed by atoms with van der Waals surface area (Å²) in [5, 5.41) is 11.1. The molecule has 3 aromatic rings. The van der Waals surface area contributed by atoms with Gasteiger partial charge in [0.1, 0.15) is 6.07 Å².